The van der Waals surface area contributed by atoms with E-state index < -0.39 is 12.0 Å². The van der Waals surface area contributed by atoms with Gasteiger partial charge in [-0.2, -0.15) is 0 Å². The van der Waals surface area contributed by atoms with Crippen molar-refractivity contribution in [2.45, 2.75) is 0 Å². The van der Waals surface area contributed by atoms with Crippen LogP contribution in [0.5, 0.6) is 0 Å². The summed E-state index contributed by atoms with van der Waals surface area (Å²) < 4.78 is 6.39. The normalized spacial score (nSPS) is 10.5. The van der Waals surface area contributed by atoms with E-state index >= 15 is 0 Å². The summed E-state index contributed by atoms with van der Waals surface area (Å²) in [7, 11) is 0. The Balaban J connectivity index is 1.87. The van der Waals surface area contributed by atoms with Crippen molar-refractivity contribution in [3.05, 3.63) is 58.8 Å². The zero-order valence-electron chi connectivity index (χ0n) is 11.7. The highest BCUT2D eigenvalue weighted by Gasteiger charge is 2.15. The number of halogens is 1. The van der Waals surface area contributed by atoms with Crippen LogP contribution in [0.25, 0.3) is 11.0 Å². The second-order valence-corrected chi connectivity index (χ2v) is 5.64. The summed E-state index contributed by atoms with van der Waals surface area (Å²) in [5.74, 6) is -0.319. The maximum absolute atomic E-state index is 12.3. The molecule has 0 aliphatic heterocycles. The van der Waals surface area contributed by atoms with Gasteiger partial charge < -0.3 is 14.8 Å². The summed E-state index contributed by atoms with van der Waals surface area (Å²) in [5, 5.41) is 14.5. The van der Waals surface area contributed by atoms with Gasteiger partial charge in [-0.25, -0.2) is 4.79 Å². The van der Waals surface area contributed by atoms with Crippen molar-refractivity contribution >= 4 is 50.3 Å². The highest BCUT2D eigenvalue weighted by Crippen LogP contribution is 2.25. The van der Waals surface area contributed by atoms with Crippen LogP contribution >= 0.6 is 15.9 Å². The van der Waals surface area contributed by atoms with Gasteiger partial charge in [0.15, 0.2) is 5.76 Å². The number of nitrogens with one attached hydrogen (secondary N) is 2. The maximum atomic E-state index is 12.3. The first-order chi connectivity index (χ1) is 11.0. The summed E-state index contributed by atoms with van der Waals surface area (Å²) in [5.41, 5.74) is 1.23. The molecule has 0 saturated heterocycles. The molecule has 2 amide bonds. The largest absolute Gasteiger partial charge is 0.465 e. The Hall–Kier alpha value is -2.80. The Morgan fingerprint density at radius 1 is 1.00 bits per heavy atom. The molecule has 0 aliphatic rings. The monoisotopic (exact) mass is 374 g/mol. The van der Waals surface area contributed by atoms with Gasteiger partial charge in [-0.15, -0.1) is 0 Å². The predicted octanol–water partition coefficient (Wildman–Crippen LogP) is 4.54. The summed E-state index contributed by atoms with van der Waals surface area (Å²) >= 11 is 3.36. The van der Waals surface area contributed by atoms with Crippen LogP contribution in [-0.2, 0) is 0 Å². The van der Waals surface area contributed by atoms with Crippen molar-refractivity contribution in [1.29, 1.82) is 0 Å². The third kappa shape index (κ3) is 3.35. The first-order valence-corrected chi connectivity index (χ1v) is 7.41. The molecule has 0 atom stereocenters. The van der Waals surface area contributed by atoms with E-state index in [1.165, 1.54) is 0 Å². The average Bonchev–Trinajstić information content (AvgIpc) is 2.92. The van der Waals surface area contributed by atoms with Gasteiger partial charge in [-0.3, -0.25) is 10.1 Å². The number of amides is 2. The second-order valence-electron chi connectivity index (χ2n) is 4.72. The van der Waals surface area contributed by atoms with Crippen molar-refractivity contribution < 1.29 is 19.1 Å². The molecule has 0 fully saturated rings. The van der Waals surface area contributed by atoms with Crippen LogP contribution in [0, 0.1) is 0 Å². The van der Waals surface area contributed by atoms with Crippen molar-refractivity contribution in [2.75, 3.05) is 10.6 Å². The van der Waals surface area contributed by atoms with Crippen molar-refractivity contribution in [2.24, 2.45) is 0 Å². The number of benzene rings is 2. The predicted molar refractivity (Wildman–Crippen MR) is 90.0 cm³/mol. The Bertz CT molecular complexity index is 904. The van der Waals surface area contributed by atoms with Gasteiger partial charge in [-0.05, 0) is 36.4 Å². The summed E-state index contributed by atoms with van der Waals surface area (Å²) in [6.45, 7) is 0. The van der Waals surface area contributed by atoms with Crippen LogP contribution in [0.4, 0.5) is 16.2 Å². The molecule has 7 heteroatoms. The maximum Gasteiger partial charge on any atom is 0.409 e. The lowest BCUT2D eigenvalue weighted by molar-refractivity contribution is 0.0998. The van der Waals surface area contributed by atoms with E-state index in [1.807, 2.05) is 12.1 Å². The molecule has 3 rings (SSSR count). The lowest BCUT2D eigenvalue weighted by Gasteiger charge is -2.09. The van der Waals surface area contributed by atoms with E-state index in [2.05, 4.69) is 26.6 Å². The van der Waals surface area contributed by atoms with E-state index in [4.69, 9.17) is 9.52 Å². The third-order valence-corrected chi connectivity index (χ3v) is 3.61. The van der Waals surface area contributed by atoms with E-state index in [-0.39, 0.29) is 11.4 Å². The van der Waals surface area contributed by atoms with Gasteiger partial charge in [-0.1, -0.05) is 28.1 Å². The molecular weight excluding hydrogens is 364 g/mol. The van der Waals surface area contributed by atoms with Crippen molar-refractivity contribution in [3.63, 3.8) is 0 Å². The molecular formula is C16H11BrN2O4. The Morgan fingerprint density at radius 3 is 2.39 bits per heavy atom. The first kappa shape index (κ1) is 15.1. The second kappa shape index (κ2) is 6.13. The number of anilines is 2. The van der Waals surface area contributed by atoms with Gasteiger partial charge in [0.2, 0.25) is 0 Å². The molecule has 0 aliphatic carbocycles. The third-order valence-electron chi connectivity index (χ3n) is 3.12. The fraction of sp³-hybridized carbons (Fsp3) is 0. The minimum atomic E-state index is -1.21. The SMILES string of the molecule is O=C(O)Nc1ccccc1NC(=O)c1cc2cc(Br)ccc2o1. The molecule has 0 spiro atoms. The fourth-order valence-corrected chi connectivity index (χ4v) is 2.51. The Kier molecular flexibility index (Phi) is 4.03. The smallest absolute Gasteiger partial charge is 0.409 e. The fourth-order valence-electron chi connectivity index (χ4n) is 2.13. The zero-order chi connectivity index (χ0) is 16.4. The molecule has 0 bridgehead atoms. The molecule has 0 radical (unpaired) electrons. The number of hydrogen-bond acceptors (Lipinski definition) is 3. The van der Waals surface area contributed by atoms with Gasteiger partial charge >= 0.3 is 6.09 Å². The number of carboxylic acid groups (broad SMARTS) is 1. The van der Waals surface area contributed by atoms with E-state index in [1.54, 1.807) is 36.4 Å². The highest BCUT2D eigenvalue weighted by atomic mass is 79.9. The molecule has 3 aromatic rings. The molecule has 6 nitrogen and oxygen atoms in total. The first-order valence-electron chi connectivity index (χ1n) is 6.62. The number of carbonyl (C=O) groups excluding carboxylic acids is 1. The number of furan rings is 1. The quantitative estimate of drug-likeness (QED) is 0.627. The van der Waals surface area contributed by atoms with Crippen molar-refractivity contribution in [1.82, 2.24) is 0 Å². The molecule has 2 aromatic carbocycles. The lowest BCUT2D eigenvalue weighted by atomic mass is 10.2. The zero-order valence-corrected chi connectivity index (χ0v) is 13.3. The van der Waals surface area contributed by atoms with E-state index in [0.717, 1.165) is 9.86 Å². The minimum absolute atomic E-state index is 0.142. The number of hydrogen-bond donors (Lipinski definition) is 3. The van der Waals surface area contributed by atoms with Crippen LogP contribution in [0.1, 0.15) is 10.6 Å². The van der Waals surface area contributed by atoms with Crippen LogP contribution < -0.4 is 10.6 Å². The number of fused-ring (bicyclic) bond motifs is 1. The van der Waals surface area contributed by atoms with Crippen LogP contribution in [0.3, 0.4) is 0 Å². The summed E-state index contributed by atoms with van der Waals surface area (Å²) in [4.78, 5) is 23.1. The highest BCUT2D eigenvalue weighted by molar-refractivity contribution is 9.10. The Morgan fingerprint density at radius 2 is 1.70 bits per heavy atom. The topological polar surface area (TPSA) is 91.6 Å². The number of para-hydroxylation sites is 2. The van der Waals surface area contributed by atoms with E-state index in [0.29, 0.717) is 11.3 Å². The molecule has 1 aromatic heterocycles. The van der Waals surface area contributed by atoms with Gasteiger partial charge in [0, 0.05) is 9.86 Å². The van der Waals surface area contributed by atoms with Gasteiger partial charge in [0.1, 0.15) is 5.58 Å². The minimum Gasteiger partial charge on any atom is -0.465 e. The van der Waals surface area contributed by atoms with E-state index in [9.17, 15) is 9.59 Å². The summed E-state index contributed by atoms with van der Waals surface area (Å²) in [6, 6.07) is 13.6. The summed E-state index contributed by atoms with van der Waals surface area (Å²) in [6.07, 6.45) is -1.21. The van der Waals surface area contributed by atoms with Crippen LogP contribution in [-0.4, -0.2) is 17.1 Å². The van der Waals surface area contributed by atoms with Crippen molar-refractivity contribution in [3.8, 4) is 0 Å². The molecule has 3 N–H and O–H groups in total. The molecule has 23 heavy (non-hydrogen) atoms. The molecule has 116 valence electrons. The average molecular weight is 375 g/mol. The lowest BCUT2D eigenvalue weighted by Crippen LogP contribution is -2.14. The Labute approximate surface area is 139 Å². The van der Waals surface area contributed by atoms with Gasteiger partial charge in [0.25, 0.3) is 5.91 Å². The molecule has 1 heterocycles. The number of rotatable bonds is 3. The standard InChI is InChI=1S/C16H11BrN2O4/c17-10-5-6-13-9(7-10)8-14(23-13)15(20)18-11-3-1-2-4-12(11)19-16(21)22/h1-8,19H,(H,18,20)(H,21,22). The molecule has 0 saturated carbocycles. The number of carbonyl (C=O) groups is 2. The van der Waals surface area contributed by atoms with Gasteiger partial charge in [0.05, 0.1) is 11.4 Å². The van der Waals surface area contributed by atoms with Crippen LogP contribution in [0.15, 0.2) is 57.4 Å². The van der Waals surface area contributed by atoms with Crippen LogP contribution in [0.2, 0.25) is 0 Å². The molecule has 0 unspecified atom stereocenters.